The van der Waals surface area contributed by atoms with Gasteiger partial charge in [0, 0.05) is 12.5 Å². The number of aliphatic hydroxyl groups excluding tert-OH is 1. The average Bonchev–Trinajstić information content (AvgIpc) is 2.27. The van der Waals surface area contributed by atoms with Crippen LogP contribution in [0.5, 0.6) is 5.75 Å². The van der Waals surface area contributed by atoms with E-state index in [0.717, 1.165) is 5.56 Å². The van der Waals surface area contributed by atoms with Gasteiger partial charge >= 0.3 is 5.97 Å². The molecule has 0 radical (unpaired) electrons. The second kappa shape index (κ2) is 6.70. The monoisotopic (exact) mass is 236 g/mol. The van der Waals surface area contributed by atoms with Crippen molar-refractivity contribution in [1.82, 2.24) is 0 Å². The number of carbonyl (C=O) groups is 1. The highest BCUT2D eigenvalue weighted by Crippen LogP contribution is 2.12. The van der Waals surface area contributed by atoms with Gasteiger partial charge in [-0.15, -0.1) is 0 Å². The zero-order valence-corrected chi connectivity index (χ0v) is 9.67. The van der Waals surface area contributed by atoms with E-state index in [9.17, 15) is 15.0 Å². The van der Waals surface area contributed by atoms with Gasteiger partial charge in [-0.2, -0.15) is 0 Å². The summed E-state index contributed by atoms with van der Waals surface area (Å²) in [7, 11) is 0. The van der Waals surface area contributed by atoms with E-state index in [1.165, 1.54) is 6.08 Å². The summed E-state index contributed by atoms with van der Waals surface area (Å²) in [6.07, 6.45) is 2.42. The lowest BCUT2D eigenvalue weighted by Gasteiger charge is -2.10. The van der Waals surface area contributed by atoms with Crippen molar-refractivity contribution in [2.45, 2.75) is 19.4 Å². The minimum atomic E-state index is -0.772. The Morgan fingerprint density at radius 2 is 2.29 bits per heavy atom. The Labute approximate surface area is 100 Å². The normalized spacial score (nSPS) is 12.6. The zero-order chi connectivity index (χ0) is 12.7. The molecule has 1 atom stereocenters. The molecule has 2 N–H and O–H groups in total. The predicted octanol–water partition coefficient (Wildman–Crippen LogP) is 1.41. The average molecular weight is 236 g/mol. The van der Waals surface area contributed by atoms with Crippen LogP contribution in [0.1, 0.15) is 12.5 Å². The van der Waals surface area contributed by atoms with Crippen molar-refractivity contribution in [3.63, 3.8) is 0 Å². The van der Waals surface area contributed by atoms with Gasteiger partial charge in [0.05, 0.1) is 6.10 Å². The molecule has 1 unspecified atom stereocenters. The van der Waals surface area contributed by atoms with Crippen LogP contribution in [0.2, 0.25) is 0 Å². The van der Waals surface area contributed by atoms with Crippen LogP contribution in [0.15, 0.2) is 36.4 Å². The van der Waals surface area contributed by atoms with Gasteiger partial charge in [-0.05, 0) is 24.6 Å². The molecule has 0 aromatic heterocycles. The Kier molecular flexibility index (Phi) is 5.23. The highest BCUT2D eigenvalue weighted by molar-refractivity contribution is 5.81. The van der Waals surface area contributed by atoms with Gasteiger partial charge in [0.1, 0.15) is 12.4 Å². The van der Waals surface area contributed by atoms with Crippen LogP contribution in [-0.4, -0.2) is 28.9 Å². The first-order valence-electron chi connectivity index (χ1n) is 5.37. The first-order chi connectivity index (χ1) is 8.11. The van der Waals surface area contributed by atoms with E-state index in [-0.39, 0.29) is 12.4 Å². The number of phenolic OH excluding ortho intramolecular Hbond substituents is 1. The molecule has 0 fully saturated rings. The highest BCUT2D eigenvalue weighted by Gasteiger charge is 2.08. The summed E-state index contributed by atoms with van der Waals surface area (Å²) < 4.78 is 4.81. The number of carbonyl (C=O) groups excluding carboxylic acids is 1. The maximum Gasteiger partial charge on any atom is 0.330 e. The first-order valence-corrected chi connectivity index (χ1v) is 5.37. The van der Waals surface area contributed by atoms with Gasteiger partial charge in [-0.25, -0.2) is 4.79 Å². The molecule has 1 aromatic rings. The van der Waals surface area contributed by atoms with Crippen molar-refractivity contribution >= 4 is 5.97 Å². The van der Waals surface area contributed by atoms with E-state index in [1.807, 2.05) is 0 Å². The van der Waals surface area contributed by atoms with E-state index >= 15 is 0 Å². The number of aliphatic hydroxyl groups is 1. The third-order valence-corrected chi connectivity index (χ3v) is 2.10. The largest absolute Gasteiger partial charge is 0.508 e. The zero-order valence-electron chi connectivity index (χ0n) is 9.67. The second-order valence-electron chi connectivity index (χ2n) is 3.66. The Morgan fingerprint density at radius 3 is 2.94 bits per heavy atom. The fourth-order valence-electron chi connectivity index (χ4n) is 1.38. The number of phenols is 1. The Morgan fingerprint density at radius 1 is 1.53 bits per heavy atom. The number of esters is 1. The van der Waals surface area contributed by atoms with Gasteiger partial charge in [-0.3, -0.25) is 0 Å². The molecule has 0 saturated carbocycles. The van der Waals surface area contributed by atoms with Gasteiger partial charge < -0.3 is 14.9 Å². The van der Waals surface area contributed by atoms with Crippen LogP contribution in [0, 0.1) is 0 Å². The maximum absolute atomic E-state index is 11.0. The molecule has 4 nitrogen and oxygen atoms in total. The van der Waals surface area contributed by atoms with E-state index < -0.39 is 12.1 Å². The number of benzene rings is 1. The molecule has 0 aliphatic heterocycles. The quantitative estimate of drug-likeness (QED) is 0.599. The van der Waals surface area contributed by atoms with Crippen LogP contribution in [-0.2, 0) is 16.0 Å². The minimum Gasteiger partial charge on any atom is -0.508 e. The first kappa shape index (κ1) is 13.3. The summed E-state index contributed by atoms with van der Waals surface area (Å²) in [4.78, 5) is 11.0. The Balaban J connectivity index is 2.39. The van der Waals surface area contributed by atoms with Crippen molar-refractivity contribution in [3.05, 3.63) is 42.0 Å². The fourth-order valence-corrected chi connectivity index (χ4v) is 1.38. The Hall–Kier alpha value is -1.81. The third-order valence-electron chi connectivity index (χ3n) is 2.10. The van der Waals surface area contributed by atoms with Gasteiger partial charge in [-0.1, -0.05) is 18.2 Å². The van der Waals surface area contributed by atoms with Crippen LogP contribution < -0.4 is 0 Å². The summed E-state index contributed by atoms with van der Waals surface area (Å²) in [5.41, 5.74) is 0.791. The molecule has 92 valence electrons. The van der Waals surface area contributed by atoms with Gasteiger partial charge in [0.15, 0.2) is 0 Å². The molecule has 17 heavy (non-hydrogen) atoms. The number of hydrogen-bond acceptors (Lipinski definition) is 4. The van der Waals surface area contributed by atoms with Crippen molar-refractivity contribution in [2.75, 3.05) is 6.61 Å². The molecule has 0 bridgehead atoms. The van der Waals surface area contributed by atoms with Crippen molar-refractivity contribution < 1.29 is 19.7 Å². The number of aromatic hydroxyl groups is 1. The molecule has 1 rings (SSSR count). The molecule has 0 spiro atoms. The SMILES string of the molecule is CC=CC(=O)OCC(O)Cc1cccc(O)c1. The van der Waals surface area contributed by atoms with Crippen molar-refractivity contribution in [1.29, 1.82) is 0 Å². The maximum atomic E-state index is 11.0. The third kappa shape index (κ3) is 5.17. The molecular formula is C13H16O4. The Bertz CT molecular complexity index is 398. The number of hydrogen-bond donors (Lipinski definition) is 2. The molecule has 0 saturated heterocycles. The van der Waals surface area contributed by atoms with Crippen molar-refractivity contribution in [3.8, 4) is 5.75 Å². The smallest absolute Gasteiger partial charge is 0.330 e. The topological polar surface area (TPSA) is 66.8 Å². The summed E-state index contributed by atoms with van der Waals surface area (Å²) in [6, 6.07) is 6.61. The number of ether oxygens (including phenoxy) is 1. The standard InChI is InChI=1S/C13H16O4/c1-2-4-13(16)17-9-12(15)8-10-5-3-6-11(14)7-10/h2-7,12,14-15H,8-9H2,1H3. The van der Waals surface area contributed by atoms with Gasteiger partial charge in [0.2, 0.25) is 0 Å². The fraction of sp³-hybridized carbons (Fsp3) is 0.308. The van der Waals surface area contributed by atoms with E-state index in [1.54, 1.807) is 37.3 Å². The number of rotatable bonds is 5. The lowest BCUT2D eigenvalue weighted by molar-refractivity contribution is -0.140. The van der Waals surface area contributed by atoms with Crippen LogP contribution in [0.3, 0.4) is 0 Å². The molecule has 0 aliphatic carbocycles. The summed E-state index contributed by atoms with van der Waals surface area (Å²) in [5.74, 6) is -0.317. The predicted molar refractivity (Wildman–Crippen MR) is 63.6 cm³/mol. The van der Waals surface area contributed by atoms with Gasteiger partial charge in [0.25, 0.3) is 0 Å². The number of allylic oxidation sites excluding steroid dienone is 1. The lowest BCUT2D eigenvalue weighted by atomic mass is 10.1. The molecule has 1 aromatic carbocycles. The van der Waals surface area contributed by atoms with Crippen LogP contribution >= 0.6 is 0 Å². The minimum absolute atomic E-state index is 0.0567. The molecule has 0 amide bonds. The second-order valence-corrected chi connectivity index (χ2v) is 3.66. The molecule has 4 heteroatoms. The molecule has 0 aliphatic rings. The molecular weight excluding hydrogens is 220 g/mol. The van der Waals surface area contributed by atoms with Crippen LogP contribution in [0.25, 0.3) is 0 Å². The van der Waals surface area contributed by atoms with E-state index in [0.29, 0.717) is 6.42 Å². The summed E-state index contributed by atoms with van der Waals surface area (Å²) in [6.45, 7) is 1.66. The molecule has 0 heterocycles. The van der Waals surface area contributed by atoms with E-state index in [4.69, 9.17) is 4.74 Å². The highest BCUT2D eigenvalue weighted by atomic mass is 16.5. The van der Waals surface area contributed by atoms with Crippen LogP contribution in [0.4, 0.5) is 0 Å². The summed E-state index contributed by atoms with van der Waals surface area (Å²) >= 11 is 0. The van der Waals surface area contributed by atoms with Crippen molar-refractivity contribution in [2.24, 2.45) is 0 Å². The summed E-state index contributed by atoms with van der Waals surface area (Å²) in [5, 5.41) is 18.9. The van der Waals surface area contributed by atoms with E-state index in [2.05, 4.69) is 0 Å². The lowest BCUT2D eigenvalue weighted by Crippen LogP contribution is -2.20.